The van der Waals surface area contributed by atoms with Gasteiger partial charge in [-0.05, 0) is 38.3 Å². The Morgan fingerprint density at radius 1 is 1.41 bits per heavy atom. The smallest absolute Gasteiger partial charge is 0.263 e. The fourth-order valence-corrected chi connectivity index (χ4v) is 2.68. The van der Waals surface area contributed by atoms with Gasteiger partial charge in [0.1, 0.15) is 6.10 Å². The zero-order valence-electron chi connectivity index (χ0n) is 10.1. The first-order valence-electron chi connectivity index (χ1n) is 6.31. The second kappa shape index (κ2) is 5.77. The molecule has 0 aromatic rings. The maximum Gasteiger partial charge on any atom is 0.263 e. The highest BCUT2D eigenvalue weighted by atomic mass is 16.5. The predicted octanol–water partition coefficient (Wildman–Crippen LogP) is -1.20. The third kappa shape index (κ3) is 3.16. The Kier molecular flexibility index (Phi) is 4.33. The van der Waals surface area contributed by atoms with Gasteiger partial charge in [0, 0.05) is 13.1 Å². The summed E-state index contributed by atoms with van der Waals surface area (Å²) in [5.74, 6) is 5.50. The molecule has 17 heavy (non-hydrogen) atoms. The fraction of sp³-hybridized carbons (Fsp3) is 0.909. The molecule has 2 rings (SSSR count). The molecule has 0 bridgehead atoms. The van der Waals surface area contributed by atoms with Crippen LogP contribution in [0.4, 0.5) is 0 Å². The van der Waals surface area contributed by atoms with Crippen molar-refractivity contribution in [3.63, 3.8) is 0 Å². The highest BCUT2D eigenvalue weighted by Gasteiger charge is 2.32. The number of amides is 1. The van der Waals surface area contributed by atoms with Crippen LogP contribution < -0.4 is 17.0 Å². The van der Waals surface area contributed by atoms with E-state index in [0.29, 0.717) is 5.92 Å². The Balaban J connectivity index is 1.73. The molecule has 0 saturated carbocycles. The Morgan fingerprint density at radius 2 is 2.24 bits per heavy atom. The van der Waals surface area contributed by atoms with Gasteiger partial charge in [0.2, 0.25) is 0 Å². The summed E-state index contributed by atoms with van der Waals surface area (Å²) < 4.78 is 5.68. The van der Waals surface area contributed by atoms with Crippen molar-refractivity contribution in [2.75, 3.05) is 26.2 Å². The van der Waals surface area contributed by atoms with Crippen molar-refractivity contribution < 1.29 is 9.53 Å². The van der Waals surface area contributed by atoms with Gasteiger partial charge in [-0.25, -0.2) is 5.84 Å². The van der Waals surface area contributed by atoms with Crippen molar-refractivity contribution in [2.24, 2.45) is 17.5 Å². The van der Waals surface area contributed by atoms with Gasteiger partial charge in [0.05, 0.1) is 6.10 Å². The molecule has 6 nitrogen and oxygen atoms in total. The molecule has 5 N–H and O–H groups in total. The second-order valence-electron chi connectivity index (χ2n) is 4.98. The van der Waals surface area contributed by atoms with E-state index in [0.717, 1.165) is 39.0 Å². The number of carbonyl (C=O) groups excluding carboxylic acids is 1. The average molecular weight is 242 g/mol. The number of nitrogens with two attached hydrogens (primary N) is 2. The molecule has 0 aromatic heterocycles. The van der Waals surface area contributed by atoms with E-state index in [2.05, 4.69) is 10.3 Å². The van der Waals surface area contributed by atoms with Crippen LogP contribution in [0.1, 0.15) is 19.3 Å². The van der Waals surface area contributed by atoms with Crippen LogP contribution in [0.15, 0.2) is 0 Å². The van der Waals surface area contributed by atoms with Crippen molar-refractivity contribution in [3.05, 3.63) is 0 Å². The lowest BCUT2D eigenvalue weighted by Crippen LogP contribution is -2.40. The average Bonchev–Trinajstić information content (AvgIpc) is 2.97. The van der Waals surface area contributed by atoms with Gasteiger partial charge in [0.25, 0.3) is 5.91 Å². The number of hydrogen-bond acceptors (Lipinski definition) is 5. The summed E-state index contributed by atoms with van der Waals surface area (Å²) in [6.07, 6.45) is 2.67. The topological polar surface area (TPSA) is 93.6 Å². The number of hydrazine groups is 1. The summed E-state index contributed by atoms with van der Waals surface area (Å²) in [7, 11) is 0. The van der Waals surface area contributed by atoms with Crippen molar-refractivity contribution in [3.8, 4) is 0 Å². The van der Waals surface area contributed by atoms with E-state index < -0.39 is 0 Å². The highest BCUT2D eigenvalue weighted by Crippen LogP contribution is 2.23. The number of likely N-dealkylation sites (tertiary alicyclic amines) is 1. The minimum Gasteiger partial charge on any atom is -0.364 e. The van der Waals surface area contributed by atoms with E-state index in [1.807, 2.05) is 0 Å². The minimum atomic E-state index is -0.363. The van der Waals surface area contributed by atoms with Crippen LogP contribution in [0.5, 0.6) is 0 Å². The molecule has 1 amide bonds. The van der Waals surface area contributed by atoms with Crippen LogP contribution in [-0.2, 0) is 9.53 Å². The van der Waals surface area contributed by atoms with Gasteiger partial charge < -0.3 is 15.4 Å². The maximum absolute atomic E-state index is 11.3. The number of rotatable bonds is 4. The standard InChI is InChI=1S/C11H22N4O2/c12-5-8-3-4-15(6-8)7-9-1-2-10(17-9)11(16)14-13/h8-10H,1-7,12-13H2,(H,14,16). The van der Waals surface area contributed by atoms with Gasteiger partial charge >= 0.3 is 0 Å². The van der Waals surface area contributed by atoms with E-state index in [9.17, 15) is 4.79 Å². The Hall–Kier alpha value is -0.690. The molecular weight excluding hydrogens is 220 g/mol. The molecule has 98 valence electrons. The quantitative estimate of drug-likeness (QED) is 0.327. The molecule has 6 heteroatoms. The number of hydrogen-bond donors (Lipinski definition) is 3. The van der Waals surface area contributed by atoms with Crippen LogP contribution >= 0.6 is 0 Å². The first kappa shape index (κ1) is 12.8. The number of nitrogens with one attached hydrogen (secondary N) is 1. The lowest BCUT2D eigenvalue weighted by Gasteiger charge is -2.20. The minimum absolute atomic E-state index is 0.161. The summed E-state index contributed by atoms with van der Waals surface area (Å²) in [6.45, 7) is 3.82. The van der Waals surface area contributed by atoms with Crippen LogP contribution in [0, 0.1) is 5.92 Å². The van der Waals surface area contributed by atoms with Crippen LogP contribution in [-0.4, -0.2) is 49.2 Å². The molecule has 0 aromatic carbocycles. The number of ether oxygens (including phenoxy) is 1. The van der Waals surface area contributed by atoms with Gasteiger partial charge in [0.15, 0.2) is 0 Å². The summed E-state index contributed by atoms with van der Waals surface area (Å²) in [4.78, 5) is 13.7. The summed E-state index contributed by atoms with van der Waals surface area (Å²) in [5.41, 5.74) is 7.80. The normalized spacial score (nSPS) is 34.1. The summed E-state index contributed by atoms with van der Waals surface area (Å²) in [6, 6.07) is 0. The second-order valence-corrected chi connectivity index (χ2v) is 4.98. The van der Waals surface area contributed by atoms with E-state index in [1.54, 1.807) is 0 Å². The molecule has 2 aliphatic rings. The van der Waals surface area contributed by atoms with Crippen molar-refractivity contribution in [1.82, 2.24) is 10.3 Å². The third-order valence-corrected chi connectivity index (χ3v) is 3.71. The monoisotopic (exact) mass is 242 g/mol. The molecular formula is C11H22N4O2. The molecule has 2 aliphatic heterocycles. The van der Waals surface area contributed by atoms with Gasteiger partial charge in [-0.3, -0.25) is 10.2 Å². The first-order chi connectivity index (χ1) is 8.22. The molecule has 0 radical (unpaired) electrons. The number of carbonyl (C=O) groups is 1. The molecule has 0 spiro atoms. The fourth-order valence-electron chi connectivity index (χ4n) is 2.68. The van der Waals surface area contributed by atoms with Crippen molar-refractivity contribution in [2.45, 2.75) is 31.5 Å². The van der Waals surface area contributed by atoms with Crippen molar-refractivity contribution >= 4 is 5.91 Å². The zero-order valence-corrected chi connectivity index (χ0v) is 10.1. The van der Waals surface area contributed by atoms with E-state index >= 15 is 0 Å². The van der Waals surface area contributed by atoms with Crippen molar-refractivity contribution in [1.29, 1.82) is 0 Å². The highest BCUT2D eigenvalue weighted by molar-refractivity contribution is 5.80. The molecule has 3 unspecified atom stereocenters. The third-order valence-electron chi connectivity index (χ3n) is 3.71. The van der Waals surface area contributed by atoms with E-state index in [4.69, 9.17) is 16.3 Å². The van der Waals surface area contributed by atoms with Gasteiger partial charge in [-0.1, -0.05) is 0 Å². The summed E-state index contributed by atoms with van der Waals surface area (Å²) in [5, 5.41) is 0. The van der Waals surface area contributed by atoms with Crippen LogP contribution in [0.3, 0.4) is 0 Å². The van der Waals surface area contributed by atoms with Crippen LogP contribution in [0.2, 0.25) is 0 Å². The first-order valence-corrected chi connectivity index (χ1v) is 6.31. The van der Waals surface area contributed by atoms with E-state index in [-0.39, 0.29) is 18.1 Å². The van der Waals surface area contributed by atoms with Crippen LogP contribution in [0.25, 0.3) is 0 Å². The molecule has 2 heterocycles. The molecule has 0 aliphatic carbocycles. The summed E-state index contributed by atoms with van der Waals surface area (Å²) >= 11 is 0. The largest absolute Gasteiger partial charge is 0.364 e. The lowest BCUT2D eigenvalue weighted by atomic mass is 10.1. The number of nitrogens with zero attached hydrogens (tertiary/aromatic N) is 1. The predicted molar refractivity (Wildman–Crippen MR) is 63.8 cm³/mol. The van der Waals surface area contributed by atoms with E-state index in [1.165, 1.54) is 6.42 Å². The Bertz CT molecular complexity index is 274. The Morgan fingerprint density at radius 3 is 2.88 bits per heavy atom. The SMILES string of the molecule is NCC1CCN(CC2CCC(C(=O)NN)O2)C1. The molecule has 2 fully saturated rings. The van der Waals surface area contributed by atoms with Gasteiger partial charge in [-0.2, -0.15) is 0 Å². The maximum atomic E-state index is 11.3. The zero-order chi connectivity index (χ0) is 12.3. The lowest BCUT2D eigenvalue weighted by molar-refractivity contribution is -0.132. The van der Waals surface area contributed by atoms with Gasteiger partial charge in [-0.15, -0.1) is 0 Å². The molecule has 2 saturated heterocycles. The Labute approximate surface area is 102 Å². The molecule has 3 atom stereocenters.